The van der Waals surface area contributed by atoms with Crippen molar-refractivity contribution in [3.63, 3.8) is 0 Å². The van der Waals surface area contributed by atoms with Gasteiger partial charge < -0.3 is 15.9 Å². The van der Waals surface area contributed by atoms with E-state index in [-0.39, 0.29) is 11.1 Å². The highest BCUT2D eigenvalue weighted by molar-refractivity contribution is 6.25. The monoisotopic (exact) mass is 304 g/mol. The Kier molecular flexibility index (Phi) is 4.42. The van der Waals surface area contributed by atoms with Crippen LogP contribution in [0.5, 0.6) is 5.75 Å². The number of hydrazine groups is 1. The minimum Gasteiger partial charge on any atom is -0.497 e. The Labute approximate surface area is 126 Å². The molecule has 1 aliphatic rings. The molecular formula is C14H16N4O4. The van der Waals surface area contributed by atoms with E-state index in [1.54, 1.807) is 31.4 Å². The van der Waals surface area contributed by atoms with Gasteiger partial charge in [-0.25, -0.2) is 5.43 Å². The number of amides is 3. The summed E-state index contributed by atoms with van der Waals surface area (Å²) in [6.07, 6.45) is 0. The van der Waals surface area contributed by atoms with Gasteiger partial charge in [0.15, 0.2) is 0 Å². The predicted molar refractivity (Wildman–Crippen MR) is 78.6 cm³/mol. The Hall–Kier alpha value is -2.87. The van der Waals surface area contributed by atoms with E-state index in [0.29, 0.717) is 11.4 Å². The van der Waals surface area contributed by atoms with Gasteiger partial charge in [-0.3, -0.25) is 19.7 Å². The maximum Gasteiger partial charge on any atom is 0.263 e. The van der Waals surface area contributed by atoms with Gasteiger partial charge in [0.2, 0.25) is 5.91 Å². The first-order chi connectivity index (χ1) is 10.4. The standard InChI is InChI=1S/C14H16N4O4/c1-7-10(12(15)19)13(20)16-14(21)11(7)18-17-8-3-5-9(22-2)6-4-8/h3-6,11,17-18H,1-2H3,(H2,15,19)(H,16,20,21). The lowest BCUT2D eigenvalue weighted by atomic mass is 9.97. The number of benzene rings is 1. The van der Waals surface area contributed by atoms with Crippen LogP contribution >= 0.6 is 0 Å². The van der Waals surface area contributed by atoms with Gasteiger partial charge in [0.25, 0.3) is 11.8 Å². The predicted octanol–water partition coefficient (Wildman–Crippen LogP) is -0.562. The third-order valence-corrected chi connectivity index (χ3v) is 3.25. The van der Waals surface area contributed by atoms with Crippen molar-refractivity contribution in [1.82, 2.24) is 10.7 Å². The Morgan fingerprint density at radius 1 is 1.27 bits per heavy atom. The van der Waals surface area contributed by atoms with Gasteiger partial charge in [0.05, 0.1) is 7.11 Å². The number of hydrogen-bond donors (Lipinski definition) is 4. The molecule has 0 bridgehead atoms. The van der Waals surface area contributed by atoms with Gasteiger partial charge in [-0.15, -0.1) is 0 Å². The molecule has 1 atom stereocenters. The van der Waals surface area contributed by atoms with Crippen molar-refractivity contribution in [2.75, 3.05) is 12.5 Å². The Morgan fingerprint density at radius 2 is 1.91 bits per heavy atom. The fourth-order valence-electron chi connectivity index (χ4n) is 2.08. The van der Waals surface area contributed by atoms with Gasteiger partial charge in [-0.2, -0.15) is 0 Å². The topological polar surface area (TPSA) is 123 Å². The number of anilines is 1. The lowest BCUT2D eigenvalue weighted by Crippen LogP contribution is -2.54. The molecule has 0 radical (unpaired) electrons. The SMILES string of the molecule is COc1ccc(NNC2C(=O)NC(=O)C(C(N)=O)=C2C)cc1. The molecule has 0 spiro atoms. The molecule has 22 heavy (non-hydrogen) atoms. The van der Waals surface area contributed by atoms with Gasteiger partial charge in [-0.1, -0.05) is 0 Å². The zero-order valence-electron chi connectivity index (χ0n) is 12.1. The number of primary amides is 1. The zero-order chi connectivity index (χ0) is 16.3. The Bertz CT molecular complexity index is 651. The number of nitrogens with two attached hydrogens (primary N) is 1. The van der Waals surface area contributed by atoms with Crippen LogP contribution in [0.3, 0.4) is 0 Å². The van der Waals surface area contributed by atoms with E-state index in [0.717, 1.165) is 0 Å². The molecule has 2 rings (SSSR count). The second-order valence-electron chi connectivity index (χ2n) is 4.67. The molecule has 1 aliphatic heterocycles. The van der Waals surface area contributed by atoms with E-state index in [2.05, 4.69) is 16.2 Å². The summed E-state index contributed by atoms with van der Waals surface area (Å²) in [5, 5.41) is 2.09. The molecule has 0 aromatic heterocycles. The molecule has 1 aromatic carbocycles. The Morgan fingerprint density at radius 3 is 2.45 bits per heavy atom. The normalized spacial score (nSPS) is 18.0. The zero-order valence-corrected chi connectivity index (χ0v) is 12.1. The lowest BCUT2D eigenvalue weighted by molar-refractivity contribution is -0.131. The molecule has 0 saturated heterocycles. The summed E-state index contributed by atoms with van der Waals surface area (Å²) < 4.78 is 5.04. The fourth-order valence-corrected chi connectivity index (χ4v) is 2.08. The van der Waals surface area contributed by atoms with E-state index in [1.807, 2.05) is 0 Å². The number of rotatable bonds is 5. The van der Waals surface area contributed by atoms with Crippen LogP contribution < -0.4 is 26.6 Å². The highest BCUT2D eigenvalue weighted by atomic mass is 16.5. The van der Waals surface area contributed by atoms with Crippen LogP contribution in [0, 0.1) is 0 Å². The average molecular weight is 304 g/mol. The summed E-state index contributed by atoms with van der Waals surface area (Å²) in [5.74, 6) is -1.52. The first-order valence-corrected chi connectivity index (χ1v) is 6.45. The molecule has 0 saturated carbocycles. The van der Waals surface area contributed by atoms with Crippen LogP contribution in [0.4, 0.5) is 5.69 Å². The third kappa shape index (κ3) is 3.07. The van der Waals surface area contributed by atoms with Crippen molar-refractivity contribution in [1.29, 1.82) is 0 Å². The molecule has 5 N–H and O–H groups in total. The molecule has 116 valence electrons. The van der Waals surface area contributed by atoms with Crippen LogP contribution in [-0.4, -0.2) is 30.9 Å². The number of carbonyl (C=O) groups excluding carboxylic acids is 3. The number of ether oxygens (including phenoxy) is 1. The molecule has 0 fully saturated rings. The quantitative estimate of drug-likeness (QED) is 0.328. The minimum atomic E-state index is -0.887. The van der Waals surface area contributed by atoms with Crippen LogP contribution in [0.25, 0.3) is 0 Å². The smallest absolute Gasteiger partial charge is 0.263 e. The molecule has 8 heteroatoms. The van der Waals surface area contributed by atoms with Crippen molar-refractivity contribution in [2.45, 2.75) is 13.0 Å². The van der Waals surface area contributed by atoms with Crippen molar-refractivity contribution in [3.8, 4) is 5.75 Å². The largest absolute Gasteiger partial charge is 0.497 e. The average Bonchev–Trinajstić information content (AvgIpc) is 2.46. The van der Waals surface area contributed by atoms with Crippen molar-refractivity contribution < 1.29 is 19.1 Å². The second-order valence-corrected chi connectivity index (χ2v) is 4.67. The number of nitrogens with one attached hydrogen (secondary N) is 3. The third-order valence-electron chi connectivity index (χ3n) is 3.25. The van der Waals surface area contributed by atoms with Crippen molar-refractivity contribution >= 4 is 23.4 Å². The lowest BCUT2D eigenvalue weighted by Gasteiger charge is -2.25. The van der Waals surface area contributed by atoms with Crippen LogP contribution in [0.2, 0.25) is 0 Å². The molecule has 8 nitrogen and oxygen atoms in total. The van der Waals surface area contributed by atoms with Crippen LogP contribution in [0.15, 0.2) is 35.4 Å². The molecule has 1 heterocycles. The number of carbonyl (C=O) groups is 3. The van der Waals surface area contributed by atoms with E-state index in [4.69, 9.17) is 10.5 Å². The summed E-state index contributed by atoms with van der Waals surface area (Å²) >= 11 is 0. The summed E-state index contributed by atoms with van der Waals surface area (Å²) in [6.45, 7) is 1.50. The van der Waals surface area contributed by atoms with Gasteiger partial charge in [0, 0.05) is 5.69 Å². The first-order valence-electron chi connectivity index (χ1n) is 6.45. The minimum absolute atomic E-state index is 0.214. The van der Waals surface area contributed by atoms with E-state index in [1.165, 1.54) is 6.92 Å². The van der Waals surface area contributed by atoms with Crippen molar-refractivity contribution in [3.05, 3.63) is 35.4 Å². The summed E-state index contributed by atoms with van der Waals surface area (Å²) in [7, 11) is 1.56. The van der Waals surface area contributed by atoms with Gasteiger partial charge in [-0.05, 0) is 36.8 Å². The molecule has 1 aromatic rings. The highest BCUT2D eigenvalue weighted by Crippen LogP contribution is 2.17. The highest BCUT2D eigenvalue weighted by Gasteiger charge is 2.34. The number of methoxy groups -OCH3 is 1. The first kappa shape index (κ1) is 15.5. The second kappa shape index (κ2) is 6.27. The summed E-state index contributed by atoms with van der Waals surface area (Å²) in [4.78, 5) is 34.8. The molecular weight excluding hydrogens is 288 g/mol. The van der Waals surface area contributed by atoms with E-state index >= 15 is 0 Å². The summed E-state index contributed by atoms with van der Waals surface area (Å²) in [5.41, 5.74) is 11.5. The molecule has 1 unspecified atom stereocenters. The molecule has 0 aliphatic carbocycles. The molecule has 3 amide bonds. The Balaban J connectivity index is 2.14. The van der Waals surface area contributed by atoms with Crippen molar-refractivity contribution in [2.24, 2.45) is 5.73 Å². The summed E-state index contributed by atoms with van der Waals surface area (Å²) in [6, 6.07) is 6.08. The van der Waals surface area contributed by atoms with Crippen LogP contribution in [-0.2, 0) is 14.4 Å². The number of imide groups is 1. The maximum atomic E-state index is 11.9. The van der Waals surface area contributed by atoms with E-state index in [9.17, 15) is 14.4 Å². The number of hydrogen-bond acceptors (Lipinski definition) is 6. The van der Waals surface area contributed by atoms with Crippen LogP contribution in [0.1, 0.15) is 6.92 Å². The van der Waals surface area contributed by atoms with Gasteiger partial charge >= 0.3 is 0 Å². The van der Waals surface area contributed by atoms with Gasteiger partial charge in [0.1, 0.15) is 17.4 Å². The fraction of sp³-hybridized carbons (Fsp3) is 0.214. The van der Waals surface area contributed by atoms with E-state index < -0.39 is 23.8 Å². The maximum absolute atomic E-state index is 11.9.